The molecule has 4 heterocycles. The molecule has 13 heteroatoms. The highest BCUT2D eigenvalue weighted by Gasteiger charge is 2.32. The summed E-state index contributed by atoms with van der Waals surface area (Å²) in [6.45, 7) is 7.64. The van der Waals surface area contributed by atoms with Crippen LogP contribution < -0.4 is 5.32 Å². The quantitative estimate of drug-likeness (QED) is 0.247. The molecule has 1 aliphatic rings. The van der Waals surface area contributed by atoms with Crippen molar-refractivity contribution in [2.75, 3.05) is 31.5 Å². The second kappa shape index (κ2) is 12.9. The molecule has 3 aromatic heterocycles. The van der Waals surface area contributed by atoms with Crippen molar-refractivity contribution < 1.29 is 18.4 Å². The van der Waals surface area contributed by atoms with Crippen molar-refractivity contribution in [1.82, 2.24) is 40.0 Å². The number of carbonyl (C=O) groups excluding carboxylic acids is 2. The van der Waals surface area contributed by atoms with Crippen LogP contribution in [-0.4, -0.2) is 78.0 Å². The molecule has 2 aromatic carbocycles. The number of nitrogens with zero attached hydrogens (tertiary/aromatic N) is 8. The van der Waals surface area contributed by atoms with Crippen LogP contribution in [-0.2, 0) is 4.79 Å². The first-order valence-electron chi connectivity index (χ1n) is 15.1. The number of aromatic nitrogens is 6. The fourth-order valence-electron chi connectivity index (χ4n) is 5.64. The molecule has 1 fully saturated rings. The van der Waals surface area contributed by atoms with Gasteiger partial charge in [0.05, 0.1) is 12.1 Å². The number of piperazine rings is 1. The first-order valence-corrected chi connectivity index (χ1v) is 15.1. The van der Waals surface area contributed by atoms with Crippen molar-refractivity contribution in [3.63, 3.8) is 0 Å². The lowest BCUT2D eigenvalue weighted by Crippen LogP contribution is -2.50. The molecule has 1 aliphatic heterocycles. The molecule has 1 saturated heterocycles. The number of carbonyl (C=O) groups is 2. The summed E-state index contributed by atoms with van der Waals surface area (Å²) in [7, 11) is 0. The van der Waals surface area contributed by atoms with E-state index < -0.39 is 0 Å². The molecule has 0 bridgehead atoms. The fourth-order valence-corrected chi connectivity index (χ4v) is 5.64. The molecule has 5 aromatic rings. The third-order valence-corrected chi connectivity index (χ3v) is 8.04. The monoisotopic (exact) mass is 611 g/mol. The number of hydrogen-bond acceptors (Lipinski definition) is 9. The van der Waals surface area contributed by atoms with Crippen molar-refractivity contribution in [2.24, 2.45) is 0 Å². The van der Waals surface area contributed by atoms with E-state index in [0.717, 1.165) is 18.4 Å². The molecule has 2 amide bonds. The highest BCUT2D eigenvalue weighted by atomic mass is 19.1. The first-order chi connectivity index (χ1) is 21.8. The Morgan fingerprint density at radius 2 is 1.76 bits per heavy atom. The van der Waals surface area contributed by atoms with Gasteiger partial charge in [0.2, 0.25) is 11.8 Å². The molecule has 12 nitrogen and oxygen atoms in total. The smallest absolute Gasteiger partial charge is 0.272 e. The minimum Gasteiger partial charge on any atom is -0.436 e. The average Bonchev–Trinajstić information content (AvgIpc) is 3.70. The first kappa shape index (κ1) is 30.0. The Hall–Kier alpha value is -5.04. The maximum absolute atomic E-state index is 13.8. The zero-order valence-corrected chi connectivity index (χ0v) is 25.4. The molecule has 0 saturated carbocycles. The van der Waals surface area contributed by atoms with Crippen LogP contribution in [0.15, 0.2) is 65.2 Å². The van der Waals surface area contributed by atoms with Crippen molar-refractivity contribution >= 4 is 28.6 Å². The van der Waals surface area contributed by atoms with Gasteiger partial charge in [0.1, 0.15) is 17.0 Å². The van der Waals surface area contributed by atoms with Gasteiger partial charge in [-0.05, 0) is 66.1 Å². The van der Waals surface area contributed by atoms with E-state index in [2.05, 4.69) is 44.3 Å². The number of benzene rings is 2. The summed E-state index contributed by atoms with van der Waals surface area (Å²) in [6, 6.07) is 14.8. The molecule has 1 N–H and O–H groups in total. The molecule has 1 atom stereocenters. The summed E-state index contributed by atoms with van der Waals surface area (Å²) in [5.41, 5.74) is 3.52. The Bertz CT molecular complexity index is 1810. The van der Waals surface area contributed by atoms with Gasteiger partial charge < -0.3 is 14.6 Å². The average molecular weight is 612 g/mol. The Labute approximate surface area is 259 Å². The fraction of sp³-hybridized carbons (Fsp3) is 0.344. The minimum absolute atomic E-state index is 0.147. The summed E-state index contributed by atoms with van der Waals surface area (Å²) < 4.78 is 19.7. The van der Waals surface area contributed by atoms with E-state index in [-0.39, 0.29) is 35.4 Å². The predicted octanol–water partition coefficient (Wildman–Crippen LogP) is 4.88. The number of rotatable bonds is 9. The molecule has 0 aliphatic carbocycles. The number of amides is 2. The summed E-state index contributed by atoms with van der Waals surface area (Å²) in [5, 5.41) is 16.2. The van der Waals surface area contributed by atoms with E-state index in [4.69, 9.17) is 9.52 Å². The van der Waals surface area contributed by atoms with Gasteiger partial charge in [-0.2, -0.15) is 4.80 Å². The summed E-state index contributed by atoms with van der Waals surface area (Å²) >= 11 is 0. The highest BCUT2D eigenvalue weighted by Crippen LogP contribution is 2.29. The van der Waals surface area contributed by atoms with E-state index in [1.54, 1.807) is 58.4 Å². The lowest BCUT2D eigenvalue weighted by Gasteiger charge is -2.38. The van der Waals surface area contributed by atoms with Crippen LogP contribution in [0.2, 0.25) is 0 Å². The van der Waals surface area contributed by atoms with Crippen LogP contribution in [0.3, 0.4) is 0 Å². The zero-order chi connectivity index (χ0) is 31.5. The standard InChI is InChI=1S/C32H34FN9O3/c1-4-25(5-2)42-38-30(37-39-42)29(21-6-8-23(33)9-7-21)40-14-16-41(17-15-40)32(44)27-18-22(12-13-34-27)31-36-26-19-24(35-20(3)43)10-11-28(26)45-31/h6-13,18-19,25,29H,4-5,14-17H2,1-3H3,(H,35,43)/t29-/m1/s1. The van der Waals surface area contributed by atoms with Crippen LogP contribution >= 0.6 is 0 Å². The lowest BCUT2D eigenvalue weighted by molar-refractivity contribution is -0.114. The zero-order valence-electron chi connectivity index (χ0n) is 25.4. The van der Waals surface area contributed by atoms with E-state index >= 15 is 0 Å². The number of fused-ring (bicyclic) bond motifs is 1. The molecule has 6 rings (SSSR count). The molecular weight excluding hydrogens is 577 g/mol. The number of nitrogens with one attached hydrogen (secondary N) is 1. The third-order valence-electron chi connectivity index (χ3n) is 8.04. The number of hydrogen-bond donors (Lipinski definition) is 1. The Morgan fingerprint density at radius 3 is 2.47 bits per heavy atom. The summed E-state index contributed by atoms with van der Waals surface area (Å²) in [6.07, 6.45) is 3.33. The number of pyridine rings is 1. The highest BCUT2D eigenvalue weighted by molar-refractivity contribution is 5.94. The number of halogens is 1. The Kier molecular flexibility index (Phi) is 8.60. The van der Waals surface area contributed by atoms with Gasteiger partial charge >= 0.3 is 0 Å². The van der Waals surface area contributed by atoms with E-state index in [1.807, 2.05) is 0 Å². The molecular formula is C32H34FN9O3. The molecule has 45 heavy (non-hydrogen) atoms. The minimum atomic E-state index is -0.335. The number of oxazole rings is 1. The summed E-state index contributed by atoms with van der Waals surface area (Å²) in [5.74, 6) is 0.205. The molecule has 232 valence electrons. The Balaban J connectivity index is 1.18. The number of anilines is 1. The van der Waals surface area contributed by atoms with Gasteiger partial charge in [-0.15, -0.1) is 10.2 Å². The van der Waals surface area contributed by atoms with Crippen LogP contribution in [0.25, 0.3) is 22.6 Å². The largest absolute Gasteiger partial charge is 0.436 e. The van der Waals surface area contributed by atoms with Crippen molar-refractivity contribution in [1.29, 1.82) is 0 Å². The molecule has 0 spiro atoms. The van der Waals surface area contributed by atoms with E-state index in [1.165, 1.54) is 19.1 Å². The van der Waals surface area contributed by atoms with Gasteiger partial charge in [-0.3, -0.25) is 19.5 Å². The maximum Gasteiger partial charge on any atom is 0.272 e. The topological polar surface area (TPSA) is 135 Å². The van der Waals surface area contributed by atoms with Crippen molar-refractivity contribution in [2.45, 2.75) is 45.7 Å². The van der Waals surface area contributed by atoms with E-state index in [0.29, 0.717) is 60.2 Å². The normalized spacial score (nSPS) is 14.6. The molecule has 0 unspecified atom stereocenters. The van der Waals surface area contributed by atoms with Gasteiger partial charge in [-0.1, -0.05) is 26.0 Å². The Morgan fingerprint density at radius 1 is 1.00 bits per heavy atom. The van der Waals surface area contributed by atoms with Crippen LogP contribution in [0.4, 0.5) is 10.1 Å². The second-order valence-electron chi connectivity index (χ2n) is 11.0. The predicted molar refractivity (Wildman–Crippen MR) is 165 cm³/mol. The lowest BCUT2D eigenvalue weighted by atomic mass is 10.0. The van der Waals surface area contributed by atoms with E-state index in [9.17, 15) is 14.0 Å². The second-order valence-corrected chi connectivity index (χ2v) is 11.0. The van der Waals surface area contributed by atoms with Crippen molar-refractivity contribution in [3.05, 3.63) is 83.7 Å². The van der Waals surface area contributed by atoms with Gasteiger partial charge in [0, 0.05) is 50.6 Å². The SMILES string of the molecule is CCC(CC)n1nnc([C@@H](c2ccc(F)cc2)N2CCN(C(=O)c3cc(-c4nc5cc(NC(C)=O)ccc5o4)ccn3)CC2)n1. The van der Waals surface area contributed by atoms with Gasteiger partial charge in [0.15, 0.2) is 11.4 Å². The van der Waals surface area contributed by atoms with Gasteiger partial charge in [0.25, 0.3) is 5.91 Å². The van der Waals surface area contributed by atoms with Crippen LogP contribution in [0.5, 0.6) is 0 Å². The summed E-state index contributed by atoms with van der Waals surface area (Å²) in [4.78, 5) is 39.5. The maximum atomic E-state index is 13.8. The van der Waals surface area contributed by atoms with Crippen LogP contribution in [0, 0.1) is 5.82 Å². The number of tetrazole rings is 1. The third kappa shape index (κ3) is 6.43. The van der Waals surface area contributed by atoms with Crippen molar-refractivity contribution in [3.8, 4) is 11.5 Å². The molecule has 0 radical (unpaired) electrons. The van der Waals surface area contributed by atoms with Gasteiger partial charge in [-0.25, -0.2) is 9.37 Å². The van der Waals surface area contributed by atoms with Crippen LogP contribution in [0.1, 0.15) is 67.6 Å².